The van der Waals surface area contributed by atoms with Gasteiger partial charge in [0.15, 0.2) is 5.69 Å². The van der Waals surface area contributed by atoms with E-state index in [4.69, 9.17) is 20.9 Å². The molecule has 0 aliphatic heterocycles. The van der Waals surface area contributed by atoms with E-state index in [0.29, 0.717) is 34.3 Å². The zero-order valence-electron chi connectivity index (χ0n) is 19.0. The topological polar surface area (TPSA) is 82.2 Å². The number of aryl methyl sites for hydroxylation is 3. The number of hydrogen-bond donors (Lipinski definition) is 1. The highest BCUT2D eigenvalue weighted by Gasteiger charge is 2.23. The molecule has 0 aliphatic rings. The molecule has 0 fully saturated rings. The fourth-order valence-corrected chi connectivity index (χ4v) is 3.82. The quantitative estimate of drug-likeness (QED) is 0.383. The molecule has 0 saturated carbocycles. The molecule has 0 aliphatic carbocycles. The van der Waals surface area contributed by atoms with Crippen molar-refractivity contribution in [2.75, 3.05) is 5.32 Å². The number of carbonyl (C=O) groups excluding carboxylic acids is 1. The third-order valence-electron chi connectivity index (χ3n) is 5.41. The van der Waals surface area contributed by atoms with Crippen LogP contribution in [-0.4, -0.2) is 20.8 Å². The van der Waals surface area contributed by atoms with Gasteiger partial charge in [-0.25, -0.2) is 0 Å². The highest BCUT2D eigenvalue weighted by Crippen LogP contribution is 2.24. The van der Waals surface area contributed by atoms with Crippen LogP contribution in [-0.2, 0) is 13.2 Å². The van der Waals surface area contributed by atoms with Crippen molar-refractivity contribution in [3.05, 3.63) is 93.1 Å². The SMILES string of the molecule is Cc1cccc(Cn2nc(C)c(NC(=O)c3noc(C)c3COc3cccc(Cl)c3)c2C)c1. The summed E-state index contributed by atoms with van der Waals surface area (Å²) in [7, 11) is 0. The largest absolute Gasteiger partial charge is 0.489 e. The second kappa shape index (κ2) is 9.50. The van der Waals surface area contributed by atoms with E-state index in [9.17, 15) is 4.79 Å². The molecule has 0 radical (unpaired) electrons. The van der Waals surface area contributed by atoms with Crippen LogP contribution < -0.4 is 10.1 Å². The third kappa shape index (κ3) is 5.09. The molecule has 4 aromatic rings. The van der Waals surface area contributed by atoms with Crippen LogP contribution >= 0.6 is 11.6 Å². The standard InChI is InChI=1S/C25H25ClN4O3/c1-15-7-5-8-19(11-15)13-30-17(3)23(16(2)28-30)27-25(31)24-22(18(4)33-29-24)14-32-21-10-6-9-20(26)12-21/h5-12H,13-14H2,1-4H3,(H,27,31). The van der Waals surface area contributed by atoms with Crippen LogP contribution in [0.15, 0.2) is 53.1 Å². The number of ether oxygens (including phenoxy) is 1. The van der Waals surface area contributed by atoms with Crippen LogP contribution in [0.4, 0.5) is 5.69 Å². The summed E-state index contributed by atoms with van der Waals surface area (Å²) in [6.45, 7) is 8.35. The lowest BCUT2D eigenvalue weighted by Crippen LogP contribution is -2.16. The Hall–Kier alpha value is -3.58. The number of anilines is 1. The number of hydrogen-bond acceptors (Lipinski definition) is 5. The van der Waals surface area contributed by atoms with Crippen molar-refractivity contribution in [3.63, 3.8) is 0 Å². The summed E-state index contributed by atoms with van der Waals surface area (Å²) in [5.74, 6) is 0.738. The first-order valence-electron chi connectivity index (χ1n) is 10.6. The Balaban J connectivity index is 1.51. The Morgan fingerprint density at radius 1 is 1.12 bits per heavy atom. The molecule has 2 heterocycles. The molecule has 1 N–H and O–H groups in total. The van der Waals surface area contributed by atoms with Crippen LogP contribution in [0.2, 0.25) is 5.02 Å². The number of amides is 1. The van der Waals surface area contributed by atoms with Crippen LogP contribution in [0.5, 0.6) is 5.75 Å². The fourth-order valence-electron chi connectivity index (χ4n) is 3.64. The predicted molar refractivity (Wildman–Crippen MR) is 127 cm³/mol. The van der Waals surface area contributed by atoms with Crippen molar-refractivity contribution in [1.82, 2.24) is 14.9 Å². The Morgan fingerprint density at radius 2 is 1.91 bits per heavy atom. The molecule has 8 heteroatoms. The molecule has 7 nitrogen and oxygen atoms in total. The van der Waals surface area contributed by atoms with E-state index in [-0.39, 0.29) is 18.2 Å². The van der Waals surface area contributed by atoms with E-state index in [1.165, 1.54) is 5.56 Å². The second-order valence-electron chi connectivity index (χ2n) is 7.96. The summed E-state index contributed by atoms with van der Waals surface area (Å²) in [5, 5.41) is 12.1. The number of rotatable bonds is 7. The van der Waals surface area contributed by atoms with Gasteiger partial charge < -0.3 is 14.6 Å². The van der Waals surface area contributed by atoms with E-state index in [0.717, 1.165) is 17.0 Å². The predicted octanol–water partition coefficient (Wildman–Crippen LogP) is 5.64. The van der Waals surface area contributed by atoms with Gasteiger partial charge in [0.25, 0.3) is 5.91 Å². The first-order valence-corrected chi connectivity index (χ1v) is 10.9. The molecule has 1 amide bonds. The Morgan fingerprint density at radius 3 is 2.67 bits per heavy atom. The van der Waals surface area contributed by atoms with Crippen molar-refractivity contribution in [2.24, 2.45) is 0 Å². The first-order chi connectivity index (χ1) is 15.8. The minimum absolute atomic E-state index is 0.128. The van der Waals surface area contributed by atoms with Crippen LogP contribution in [0.25, 0.3) is 0 Å². The first kappa shape index (κ1) is 22.6. The molecule has 33 heavy (non-hydrogen) atoms. The molecular weight excluding hydrogens is 440 g/mol. The number of aromatic nitrogens is 3. The lowest BCUT2D eigenvalue weighted by atomic mass is 10.1. The molecule has 170 valence electrons. The molecule has 0 atom stereocenters. The van der Waals surface area contributed by atoms with Gasteiger partial charge in [-0.3, -0.25) is 9.48 Å². The normalized spacial score (nSPS) is 10.9. The number of halogens is 1. The smallest absolute Gasteiger partial charge is 0.278 e. The maximum Gasteiger partial charge on any atom is 0.278 e. The molecule has 0 bridgehead atoms. The van der Waals surface area contributed by atoms with E-state index in [1.807, 2.05) is 24.6 Å². The monoisotopic (exact) mass is 464 g/mol. The van der Waals surface area contributed by atoms with Gasteiger partial charge in [-0.1, -0.05) is 52.7 Å². The second-order valence-corrected chi connectivity index (χ2v) is 8.40. The van der Waals surface area contributed by atoms with Gasteiger partial charge in [-0.15, -0.1) is 0 Å². The minimum atomic E-state index is -0.377. The van der Waals surface area contributed by atoms with E-state index < -0.39 is 0 Å². The molecule has 4 rings (SSSR count). The van der Waals surface area contributed by atoms with Gasteiger partial charge >= 0.3 is 0 Å². The number of nitrogens with zero attached hydrogens (tertiary/aromatic N) is 3. The van der Waals surface area contributed by atoms with Gasteiger partial charge in [0.05, 0.1) is 29.2 Å². The lowest BCUT2D eigenvalue weighted by Gasteiger charge is -2.09. The Kier molecular flexibility index (Phi) is 6.51. The fraction of sp³-hybridized carbons (Fsp3) is 0.240. The van der Waals surface area contributed by atoms with Crippen LogP contribution in [0, 0.1) is 27.7 Å². The van der Waals surface area contributed by atoms with Crippen molar-refractivity contribution >= 4 is 23.2 Å². The van der Waals surface area contributed by atoms with Gasteiger partial charge in [0.1, 0.15) is 18.1 Å². The summed E-state index contributed by atoms with van der Waals surface area (Å²) < 4.78 is 13.0. The highest BCUT2D eigenvalue weighted by molar-refractivity contribution is 6.30. The molecule has 0 unspecified atom stereocenters. The maximum absolute atomic E-state index is 13.1. The number of nitrogens with one attached hydrogen (secondary N) is 1. The van der Waals surface area contributed by atoms with Gasteiger partial charge in [0, 0.05) is 5.02 Å². The van der Waals surface area contributed by atoms with Gasteiger partial charge in [-0.2, -0.15) is 5.10 Å². The zero-order valence-corrected chi connectivity index (χ0v) is 19.7. The molecule has 0 spiro atoms. The Labute approximate surface area is 197 Å². The summed E-state index contributed by atoms with van der Waals surface area (Å²) in [6, 6.07) is 15.3. The van der Waals surface area contributed by atoms with Crippen LogP contribution in [0.3, 0.4) is 0 Å². The average Bonchev–Trinajstić information content (AvgIpc) is 3.26. The Bertz CT molecular complexity index is 1310. The molecule has 2 aromatic carbocycles. The summed E-state index contributed by atoms with van der Waals surface area (Å²) >= 11 is 6.02. The summed E-state index contributed by atoms with van der Waals surface area (Å²) in [4.78, 5) is 13.1. The minimum Gasteiger partial charge on any atom is -0.489 e. The van der Waals surface area contributed by atoms with Crippen LogP contribution in [0.1, 0.15) is 44.3 Å². The molecule has 2 aromatic heterocycles. The third-order valence-corrected chi connectivity index (χ3v) is 5.65. The van der Waals surface area contributed by atoms with Crippen molar-refractivity contribution in [1.29, 1.82) is 0 Å². The number of benzene rings is 2. The zero-order chi connectivity index (χ0) is 23.5. The molecular formula is C25H25ClN4O3. The van der Waals surface area contributed by atoms with Crippen molar-refractivity contribution in [2.45, 2.75) is 40.8 Å². The van der Waals surface area contributed by atoms with E-state index in [1.54, 1.807) is 31.2 Å². The lowest BCUT2D eigenvalue weighted by molar-refractivity contribution is 0.101. The number of carbonyl (C=O) groups is 1. The van der Waals surface area contributed by atoms with Crippen molar-refractivity contribution < 1.29 is 14.1 Å². The maximum atomic E-state index is 13.1. The summed E-state index contributed by atoms with van der Waals surface area (Å²) in [6.07, 6.45) is 0. The average molecular weight is 465 g/mol. The van der Waals surface area contributed by atoms with E-state index >= 15 is 0 Å². The van der Waals surface area contributed by atoms with Gasteiger partial charge in [0.2, 0.25) is 0 Å². The highest BCUT2D eigenvalue weighted by atomic mass is 35.5. The van der Waals surface area contributed by atoms with Crippen molar-refractivity contribution in [3.8, 4) is 5.75 Å². The van der Waals surface area contributed by atoms with E-state index in [2.05, 4.69) is 40.7 Å². The summed E-state index contributed by atoms with van der Waals surface area (Å²) in [5.41, 5.74) is 5.34. The van der Waals surface area contributed by atoms with Gasteiger partial charge in [-0.05, 0) is 51.5 Å². The molecule has 0 saturated heterocycles.